The Morgan fingerprint density at radius 2 is 1.83 bits per heavy atom. The van der Waals surface area contributed by atoms with Crippen LogP contribution < -0.4 is 19.5 Å². The van der Waals surface area contributed by atoms with E-state index in [1.807, 2.05) is 44.2 Å². The predicted molar refractivity (Wildman–Crippen MR) is 109 cm³/mol. The van der Waals surface area contributed by atoms with Crippen molar-refractivity contribution in [2.75, 3.05) is 18.7 Å². The van der Waals surface area contributed by atoms with Gasteiger partial charge in [-0.05, 0) is 55.8 Å². The van der Waals surface area contributed by atoms with Crippen LogP contribution in [0.1, 0.15) is 32.8 Å². The fourth-order valence-electron chi connectivity index (χ4n) is 2.96. The molecule has 1 heterocycles. The van der Waals surface area contributed by atoms with Gasteiger partial charge in [0.05, 0.1) is 6.10 Å². The van der Waals surface area contributed by atoms with Crippen LogP contribution in [0.3, 0.4) is 0 Å². The number of amides is 2. The zero-order chi connectivity index (χ0) is 20.8. The lowest BCUT2D eigenvalue weighted by molar-refractivity contribution is -0.129. The summed E-state index contributed by atoms with van der Waals surface area (Å²) in [5, 5.41) is 2.85. The Bertz CT molecular complexity index is 864. The molecule has 2 aromatic rings. The molecule has 1 aliphatic rings. The molecule has 0 unspecified atom stereocenters. The molecule has 7 heteroatoms. The van der Waals surface area contributed by atoms with Crippen LogP contribution in [-0.2, 0) is 16.1 Å². The quantitative estimate of drug-likeness (QED) is 0.735. The lowest BCUT2D eigenvalue weighted by Gasteiger charge is -2.21. The van der Waals surface area contributed by atoms with Crippen LogP contribution in [-0.4, -0.2) is 36.2 Å². The molecule has 0 saturated carbocycles. The summed E-state index contributed by atoms with van der Waals surface area (Å²) in [7, 11) is 0. The second-order valence-corrected chi connectivity index (χ2v) is 7.12. The summed E-state index contributed by atoms with van der Waals surface area (Å²) in [4.78, 5) is 25.9. The van der Waals surface area contributed by atoms with Crippen molar-refractivity contribution < 1.29 is 23.8 Å². The second kappa shape index (κ2) is 9.32. The Kier molecular flexibility index (Phi) is 6.59. The number of carbonyl (C=O) groups excluding carboxylic acids is 2. The first kappa shape index (κ1) is 20.5. The van der Waals surface area contributed by atoms with Crippen molar-refractivity contribution in [2.45, 2.75) is 39.8 Å². The number of nitrogens with zero attached hydrogens (tertiary/aromatic N) is 1. The second-order valence-electron chi connectivity index (χ2n) is 7.12. The highest BCUT2D eigenvalue weighted by Gasteiger charge is 2.16. The molecule has 2 aromatic carbocycles. The van der Waals surface area contributed by atoms with Gasteiger partial charge in [-0.25, -0.2) is 0 Å². The highest BCUT2D eigenvalue weighted by molar-refractivity contribution is 5.91. The number of hydrogen-bond acceptors (Lipinski definition) is 5. The van der Waals surface area contributed by atoms with Gasteiger partial charge in [0.25, 0.3) is 0 Å². The summed E-state index contributed by atoms with van der Waals surface area (Å²) in [6.45, 7) is 6.35. The van der Waals surface area contributed by atoms with Crippen LogP contribution >= 0.6 is 0 Å². The van der Waals surface area contributed by atoms with Gasteiger partial charge in [-0.2, -0.15) is 0 Å². The van der Waals surface area contributed by atoms with Crippen molar-refractivity contribution in [3.05, 3.63) is 48.0 Å². The molecule has 3 rings (SSSR count). The number of carbonyl (C=O) groups is 2. The Balaban J connectivity index is 1.52. The Hall–Kier alpha value is -3.22. The highest BCUT2D eigenvalue weighted by Crippen LogP contribution is 2.32. The molecule has 29 heavy (non-hydrogen) atoms. The van der Waals surface area contributed by atoms with E-state index in [1.165, 1.54) is 6.92 Å². The van der Waals surface area contributed by atoms with Gasteiger partial charge in [0.1, 0.15) is 5.75 Å². The van der Waals surface area contributed by atoms with E-state index in [2.05, 4.69) is 5.32 Å². The van der Waals surface area contributed by atoms with E-state index >= 15 is 0 Å². The molecule has 1 aliphatic heterocycles. The minimum absolute atomic E-state index is 0.0920. The summed E-state index contributed by atoms with van der Waals surface area (Å²) in [6, 6.07) is 12.8. The molecule has 2 amide bonds. The summed E-state index contributed by atoms with van der Waals surface area (Å²) in [5.41, 5.74) is 1.61. The van der Waals surface area contributed by atoms with Crippen LogP contribution in [0.25, 0.3) is 0 Å². The molecular weight excluding hydrogens is 372 g/mol. The normalized spacial score (nSPS) is 12.0. The monoisotopic (exact) mass is 398 g/mol. The Labute approximate surface area is 170 Å². The zero-order valence-electron chi connectivity index (χ0n) is 16.9. The van der Waals surface area contributed by atoms with E-state index in [-0.39, 0.29) is 31.1 Å². The number of anilines is 1. The molecule has 0 spiro atoms. The van der Waals surface area contributed by atoms with Gasteiger partial charge in [0.15, 0.2) is 11.5 Å². The molecule has 0 bridgehead atoms. The SMILES string of the molecule is CC(=O)N(CCC(=O)Nc1ccc(OC(C)C)cc1)Cc1ccc2c(c1)OCO2. The summed E-state index contributed by atoms with van der Waals surface area (Å²) in [6.07, 6.45) is 0.298. The highest BCUT2D eigenvalue weighted by atomic mass is 16.7. The van der Waals surface area contributed by atoms with Gasteiger partial charge in [-0.15, -0.1) is 0 Å². The van der Waals surface area contributed by atoms with Crippen molar-refractivity contribution in [3.63, 3.8) is 0 Å². The summed E-state index contributed by atoms with van der Waals surface area (Å²) in [5.74, 6) is 1.88. The fourth-order valence-corrected chi connectivity index (χ4v) is 2.96. The van der Waals surface area contributed by atoms with E-state index in [4.69, 9.17) is 14.2 Å². The predicted octanol–water partition coefficient (Wildman–Crippen LogP) is 3.58. The van der Waals surface area contributed by atoms with E-state index in [9.17, 15) is 9.59 Å². The Morgan fingerprint density at radius 3 is 2.52 bits per heavy atom. The van der Waals surface area contributed by atoms with E-state index in [0.717, 1.165) is 11.3 Å². The van der Waals surface area contributed by atoms with Gasteiger partial charge in [-0.3, -0.25) is 9.59 Å². The standard InChI is InChI=1S/C22H26N2O5/c1-15(2)29-19-7-5-18(6-8-19)23-22(26)10-11-24(16(3)25)13-17-4-9-20-21(12-17)28-14-27-20/h4-9,12,15H,10-11,13-14H2,1-3H3,(H,23,26). The van der Waals surface area contributed by atoms with Crippen LogP contribution in [0, 0.1) is 0 Å². The van der Waals surface area contributed by atoms with Gasteiger partial charge in [0.2, 0.25) is 18.6 Å². The molecule has 1 N–H and O–H groups in total. The van der Waals surface area contributed by atoms with Crippen LogP contribution in [0.15, 0.2) is 42.5 Å². The largest absolute Gasteiger partial charge is 0.491 e. The smallest absolute Gasteiger partial charge is 0.231 e. The van der Waals surface area contributed by atoms with Gasteiger partial charge in [-0.1, -0.05) is 6.07 Å². The first-order valence-electron chi connectivity index (χ1n) is 9.61. The molecule has 7 nitrogen and oxygen atoms in total. The van der Waals surface area contributed by atoms with E-state index in [0.29, 0.717) is 30.3 Å². The first-order valence-corrected chi connectivity index (χ1v) is 9.61. The van der Waals surface area contributed by atoms with Crippen LogP contribution in [0.2, 0.25) is 0 Å². The molecular formula is C22H26N2O5. The molecule has 0 radical (unpaired) electrons. The minimum Gasteiger partial charge on any atom is -0.491 e. The van der Waals surface area contributed by atoms with Crippen molar-refractivity contribution in [3.8, 4) is 17.2 Å². The van der Waals surface area contributed by atoms with E-state index < -0.39 is 0 Å². The minimum atomic E-state index is -0.153. The average molecular weight is 398 g/mol. The van der Waals surface area contributed by atoms with Gasteiger partial charge >= 0.3 is 0 Å². The number of rotatable bonds is 8. The number of fused-ring (bicyclic) bond motifs is 1. The maximum Gasteiger partial charge on any atom is 0.231 e. The third-order valence-electron chi connectivity index (χ3n) is 4.37. The van der Waals surface area contributed by atoms with Crippen molar-refractivity contribution in [2.24, 2.45) is 0 Å². The van der Waals surface area contributed by atoms with Crippen molar-refractivity contribution in [1.82, 2.24) is 4.90 Å². The number of benzene rings is 2. The summed E-state index contributed by atoms with van der Waals surface area (Å²) >= 11 is 0. The maximum absolute atomic E-state index is 12.3. The molecule has 0 fully saturated rings. The molecule has 0 saturated heterocycles. The third-order valence-corrected chi connectivity index (χ3v) is 4.37. The number of hydrogen-bond donors (Lipinski definition) is 1. The van der Waals surface area contributed by atoms with Crippen molar-refractivity contribution >= 4 is 17.5 Å². The molecule has 0 atom stereocenters. The maximum atomic E-state index is 12.3. The lowest BCUT2D eigenvalue weighted by atomic mass is 10.2. The van der Waals surface area contributed by atoms with E-state index in [1.54, 1.807) is 17.0 Å². The first-order chi connectivity index (χ1) is 13.9. The summed E-state index contributed by atoms with van der Waals surface area (Å²) < 4.78 is 16.3. The topological polar surface area (TPSA) is 77.1 Å². The average Bonchev–Trinajstić information content (AvgIpc) is 3.14. The molecule has 0 aromatic heterocycles. The number of ether oxygens (including phenoxy) is 3. The number of nitrogens with one attached hydrogen (secondary N) is 1. The lowest BCUT2D eigenvalue weighted by Crippen LogP contribution is -2.31. The third kappa shape index (κ3) is 5.88. The van der Waals surface area contributed by atoms with Gasteiger partial charge < -0.3 is 24.4 Å². The van der Waals surface area contributed by atoms with Crippen LogP contribution in [0.4, 0.5) is 5.69 Å². The molecule has 0 aliphatic carbocycles. The Morgan fingerprint density at radius 1 is 1.10 bits per heavy atom. The van der Waals surface area contributed by atoms with Crippen molar-refractivity contribution in [1.29, 1.82) is 0 Å². The van der Waals surface area contributed by atoms with Crippen LogP contribution in [0.5, 0.6) is 17.2 Å². The van der Waals surface area contributed by atoms with Gasteiger partial charge in [0, 0.05) is 32.1 Å². The fraction of sp³-hybridized carbons (Fsp3) is 0.364. The molecule has 154 valence electrons. The zero-order valence-corrected chi connectivity index (χ0v) is 16.9.